The van der Waals surface area contributed by atoms with E-state index in [9.17, 15) is 4.79 Å². The number of carbonyl (C=O) groups is 3. The largest absolute Gasteiger partial charge is 2.00 e. The van der Waals surface area contributed by atoms with E-state index in [2.05, 4.69) is 60.7 Å². The Bertz CT molecular complexity index is 786. The van der Waals surface area contributed by atoms with Crippen LogP contribution >= 0.6 is 23.5 Å². The Morgan fingerprint density at radius 1 is 0.743 bits per heavy atom. The van der Waals surface area contributed by atoms with Crippen molar-refractivity contribution in [1.29, 1.82) is 0 Å². The molecule has 2 aromatic rings. The number of carboxylic acids is 3. The van der Waals surface area contributed by atoms with Gasteiger partial charge in [-0.05, 0) is 36.1 Å². The second-order valence-electron chi connectivity index (χ2n) is 7.42. The van der Waals surface area contributed by atoms with Gasteiger partial charge in [-0.2, -0.15) is 23.5 Å². The first-order valence-electron chi connectivity index (χ1n) is 11.1. The van der Waals surface area contributed by atoms with Crippen LogP contribution in [-0.4, -0.2) is 44.2 Å². The number of aliphatic carboxylic acids is 3. The summed E-state index contributed by atoms with van der Waals surface area (Å²) in [4.78, 5) is 28.7. The molecular formula is C26H36GdO6S2+2. The minimum Gasteiger partial charge on any atom is -0.481 e. The number of unbranched alkanes of at least 4 members (excludes halogenated alkanes) is 1. The predicted molar refractivity (Wildman–Crippen MR) is 141 cm³/mol. The van der Waals surface area contributed by atoms with E-state index in [0.29, 0.717) is 11.7 Å². The van der Waals surface area contributed by atoms with Gasteiger partial charge in [-0.15, -0.1) is 0 Å². The van der Waals surface area contributed by atoms with Gasteiger partial charge in [-0.1, -0.05) is 67.1 Å². The maximum absolute atomic E-state index is 10.7. The molecule has 35 heavy (non-hydrogen) atoms. The Kier molecular flexibility index (Phi) is 25.3. The summed E-state index contributed by atoms with van der Waals surface area (Å²) in [5.74, 6) is 0.904. The fourth-order valence-corrected chi connectivity index (χ4v) is 5.14. The monoisotopic (exact) mass is 666 g/mol. The second-order valence-corrected chi connectivity index (χ2v) is 9.82. The molecule has 0 fully saturated rings. The summed E-state index contributed by atoms with van der Waals surface area (Å²) in [6, 6.07) is 21.2. The maximum atomic E-state index is 10.7. The van der Waals surface area contributed by atoms with Gasteiger partial charge < -0.3 is 15.3 Å². The van der Waals surface area contributed by atoms with Crippen LogP contribution in [0.2, 0.25) is 0 Å². The predicted octanol–water partition coefficient (Wildman–Crippen LogP) is 6.44. The molecule has 0 spiro atoms. The van der Waals surface area contributed by atoms with Crippen molar-refractivity contribution in [3.8, 4) is 0 Å². The van der Waals surface area contributed by atoms with Crippen LogP contribution in [0.5, 0.6) is 0 Å². The van der Waals surface area contributed by atoms with Gasteiger partial charge in [-0.3, -0.25) is 14.4 Å². The number of rotatable bonds is 13. The van der Waals surface area contributed by atoms with E-state index in [1.807, 2.05) is 23.5 Å². The molecule has 0 aliphatic heterocycles. The minimum atomic E-state index is -0.833. The molecule has 194 valence electrons. The molecular weight excluding hydrogens is 630 g/mol. The van der Waals surface area contributed by atoms with Crippen LogP contribution in [-0.2, 0) is 25.9 Å². The molecule has 0 aliphatic rings. The molecule has 0 saturated heterocycles. The van der Waals surface area contributed by atoms with Gasteiger partial charge in [0.05, 0.1) is 0 Å². The molecule has 2 rings (SSSR count). The zero-order chi connectivity index (χ0) is 25.6. The average Bonchev–Trinajstić information content (AvgIpc) is 2.78. The van der Waals surface area contributed by atoms with Crippen LogP contribution < -0.4 is 0 Å². The van der Waals surface area contributed by atoms with Crippen LogP contribution in [0, 0.1) is 39.9 Å². The maximum Gasteiger partial charge on any atom is 2.00 e. The topological polar surface area (TPSA) is 112 Å². The SMILES string of the molecule is CC(=O)O.CC(=O)O.O=C(O)CCCCC(CCSCc1ccccc1)SCc1ccccc1.[Gd+2]. The van der Waals surface area contributed by atoms with Gasteiger partial charge in [0, 0.05) is 37.0 Å². The molecule has 0 bridgehead atoms. The minimum absolute atomic E-state index is 0. The number of thioether (sulfide) groups is 2. The molecule has 0 radical (unpaired) electrons. The van der Waals surface area contributed by atoms with Crippen molar-refractivity contribution in [2.75, 3.05) is 5.75 Å². The van der Waals surface area contributed by atoms with Gasteiger partial charge >= 0.3 is 45.9 Å². The number of carboxylic acid groups (broad SMARTS) is 3. The first-order chi connectivity index (χ1) is 16.2. The molecule has 2 aromatic carbocycles. The molecule has 0 saturated carbocycles. The van der Waals surface area contributed by atoms with Gasteiger partial charge in [-0.25, -0.2) is 0 Å². The Morgan fingerprint density at radius 2 is 1.20 bits per heavy atom. The number of hydrogen-bond acceptors (Lipinski definition) is 5. The zero-order valence-electron chi connectivity index (χ0n) is 20.2. The van der Waals surface area contributed by atoms with Crippen LogP contribution in [0.3, 0.4) is 0 Å². The van der Waals surface area contributed by atoms with Crippen molar-refractivity contribution in [2.45, 2.75) is 62.7 Å². The molecule has 1 unspecified atom stereocenters. The fraction of sp³-hybridized carbons (Fsp3) is 0.423. The van der Waals surface area contributed by atoms with Crippen molar-refractivity contribution in [2.24, 2.45) is 0 Å². The molecule has 9 heteroatoms. The molecule has 0 aliphatic carbocycles. The van der Waals surface area contributed by atoms with Gasteiger partial charge in [0.2, 0.25) is 0 Å². The summed E-state index contributed by atoms with van der Waals surface area (Å²) in [6.07, 6.45) is 4.37. The normalized spacial score (nSPS) is 10.3. The van der Waals surface area contributed by atoms with Crippen LogP contribution in [0.4, 0.5) is 0 Å². The summed E-state index contributed by atoms with van der Waals surface area (Å²) >= 11 is 4.01. The third-order valence-corrected chi connectivity index (χ3v) is 6.70. The summed E-state index contributed by atoms with van der Waals surface area (Å²) < 4.78 is 0. The number of hydrogen-bond donors (Lipinski definition) is 3. The molecule has 3 N–H and O–H groups in total. The molecule has 6 nitrogen and oxygen atoms in total. The van der Waals surface area contributed by atoms with E-state index in [1.165, 1.54) is 17.5 Å². The second kappa shape index (κ2) is 24.6. The first kappa shape index (κ1) is 36.0. The van der Waals surface area contributed by atoms with Crippen LogP contribution in [0.1, 0.15) is 57.1 Å². The number of benzene rings is 2. The quantitative estimate of drug-likeness (QED) is 0.210. The smallest absolute Gasteiger partial charge is 0.481 e. The molecule has 0 aromatic heterocycles. The Hall–Kier alpha value is -1.13. The molecule has 1 atom stereocenters. The molecule has 0 amide bonds. The average molecular weight is 666 g/mol. The summed E-state index contributed by atoms with van der Waals surface area (Å²) in [7, 11) is 0. The summed E-state index contributed by atoms with van der Waals surface area (Å²) in [5, 5.41) is 24.2. The van der Waals surface area contributed by atoms with E-state index in [-0.39, 0.29) is 39.9 Å². The Labute approximate surface area is 249 Å². The van der Waals surface area contributed by atoms with Crippen LogP contribution in [0.15, 0.2) is 60.7 Å². The van der Waals surface area contributed by atoms with E-state index in [4.69, 9.17) is 24.9 Å². The van der Waals surface area contributed by atoms with E-state index in [1.54, 1.807) is 0 Å². The van der Waals surface area contributed by atoms with Crippen molar-refractivity contribution in [1.82, 2.24) is 0 Å². The van der Waals surface area contributed by atoms with Crippen molar-refractivity contribution in [3.05, 3.63) is 71.8 Å². The Morgan fingerprint density at radius 3 is 1.66 bits per heavy atom. The van der Waals surface area contributed by atoms with Gasteiger partial charge in [0.25, 0.3) is 11.9 Å². The van der Waals surface area contributed by atoms with E-state index >= 15 is 0 Å². The van der Waals surface area contributed by atoms with E-state index in [0.717, 1.165) is 50.4 Å². The zero-order valence-corrected chi connectivity index (χ0v) is 24.1. The third-order valence-electron chi connectivity index (χ3n) is 4.19. The van der Waals surface area contributed by atoms with Gasteiger partial charge in [0.1, 0.15) is 0 Å². The van der Waals surface area contributed by atoms with Crippen molar-refractivity contribution >= 4 is 41.4 Å². The standard InChI is InChI=1S/C22H28O2S2.2C2H4O2.Gd/c23-22(24)14-8-7-13-21(26-18-20-11-5-2-6-12-20)15-16-25-17-19-9-3-1-4-10-19;2*1-2(3)4;/h1-6,9-12,21H,7-8,13-18H2,(H,23,24);2*1H3,(H,3,4);/q;;;+2. The third kappa shape index (κ3) is 27.3. The Balaban J connectivity index is 0. The molecule has 0 heterocycles. The van der Waals surface area contributed by atoms with Crippen LogP contribution in [0.25, 0.3) is 0 Å². The van der Waals surface area contributed by atoms with Gasteiger partial charge in [0.15, 0.2) is 0 Å². The summed E-state index contributed by atoms with van der Waals surface area (Å²) in [6.45, 7) is 2.17. The van der Waals surface area contributed by atoms with Crippen molar-refractivity contribution < 1.29 is 69.6 Å². The fourth-order valence-electron chi connectivity index (χ4n) is 2.73. The van der Waals surface area contributed by atoms with E-state index < -0.39 is 17.9 Å². The summed E-state index contributed by atoms with van der Waals surface area (Å²) in [5.41, 5.74) is 2.75. The van der Waals surface area contributed by atoms with Crippen molar-refractivity contribution in [3.63, 3.8) is 0 Å². The first-order valence-corrected chi connectivity index (χ1v) is 13.3.